The van der Waals surface area contributed by atoms with Gasteiger partial charge < -0.3 is 9.15 Å². The number of carbonyl (C=O) groups excluding carboxylic acids is 2. The van der Waals surface area contributed by atoms with E-state index in [0.29, 0.717) is 15.6 Å². The summed E-state index contributed by atoms with van der Waals surface area (Å²) >= 11 is 1.12. The second kappa shape index (κ2) is 5.14. The molecule has 0 N–H and O–H groups in total. The van der Waals surface area contributed by atoms with Crippen molar-refractivity contribution >= 4 is 23.1 Å². The van der Waals surface area contributed by atoms with Gasteiger partial charge in [0.05, 0.1) is 12.9 Å². The van der Waals surface area contributed by atoms with Crippen LogP contribution in [-0.2, 0) is 4.74 Å². The summed E-state index contributed by atoms with van der Waals surface area (Å²) in [5.41, 5.74) is 0.0563. The number of ketones is 1. The summed E-state index contributed by atoms with van der Waals surface area (Å²) in [5.74, 6) is -0.275. The summed E-state index contributed by atoms with van der Waals surface area (Å²) in [7, 11) is 0. The van der Waals surface area contributed by atoms with Crippen LogP contribution in [0.25, 0.3) is 10.8 Å². The fraction of sp³-hybridized carbons (Fsp3) is 0.250. The van der Waals surface area contributed by atoms with Gasteiger partial charge in [-0.25, -0.2) is 9.78 Å². The van der Waals surface area contributed by atoms with Crippen LogP contribution in [0, 0.1) is 0 Å². The second-order valence-electron chi connectivity index (χ2n) is 3.45. The van der Waals surface area contributed by atoms with E-state index in [0.717, 1.165) is 11.3 Å². The lowest BCUT2D eigenvalue weighted by Gasteiger charge is -1.98. The molecule has 0 aliphatic carbocycles. The van der Waals surface area contributed by atoms with E-state index in [1.807, 2.05) is 0 Å². The Labute approximate surface area is 107 Å². The molecular formula is C12H11NO4S. The third-order valence-corrected chi connectivity index (χ3v) is 3.32. The molecule has 0 unspecified atom stereocenters. The predicted octanol–water partition coefficient (Wildman–Crippen LogP) is 2.78. The van der Waals surface area contributed by atoms with Crippen molar-refractivity contribution in [3.05, 3.63) is 29.0 Å². The number of nitrogens with zero attached hydrogens (tertiary/aromatic N) is 1. The van der Waals surface area contributed by atoms with Crippen LogP contribution in [0.3, 0.4) is 0 Å². The summed E-state index contributed by atoms with van der Waals surface area (Å²) in [6.45, 7) is 3.33. The molecule has 0 aromatic carbocycles. The maximum Gasteiger partial charge on any atom is 0.358 e. The summed E-state index contributed by atoms with van der Waals surface area (Å²) in [5, 5.41) is 0.494. The molecule has 0 aliphatic heterocycles. The van der Waals surface area contributed by atoms with E-state index in [9.17, 15) is 9.59 Å². The monoisotopic (exact) mass is 265 g/mol. The van der Waals surface area contributed by atoms with Gasteiger partial charge in [0.15, 0.2) is 22.2 Å². The van der Waals surface area contributed by atoms with Gasteiger partial charge in [-0.3, -0.25) is 4.79 Å². The SMILES string of the molecule is CCOC(=O)c1nc(-c2ccco2)sc1C(C)=O. The van der Waals surface area contributed by atoms with Gasteiger partial charge in [-0.2, -0.15) is 0 Å². The van der Waals surface area contributed by atoms with E-state index in [1.54, 1.807) is 19.1 Å². The van der Waals surface area contributed by atoms with E-state index in [-0.39, 0.29) is 18.1 Å². The standard InChI is InChI=1S/C12H11NO4S/c1-3-16-12(15)9-10(7(2)14)18-11(13-9)8-5-4-6-17-8/h4-6H,3H2,1-2H3. The minimum atomic E-state index is -0.586. The molecular weight excluding hydrogens is 254 g/mol. The van der Waals surface area contributed by atoms with Crippen molar-refractivity contribution in [1.82, 2.24) is 4.98 Å². The van der Waals surface area contributed by atoms with E-state index in [2.05, 4.69) is 4.98 Å². The Kier molecular flexibility index (Phi) is 3.57. The number of thiazole rings is 1. The van der Waals surface area contributed by atoms with Crippen molar-refractivity contribution in [2.45, 2.75) is 13.8 Å². The maximum atomic E-state index is 11.7. The Hall–Kier alpha value is -1.95. The fourth-order valence-corrected chi connectivity index (χ4v) is 2.32. The number of rotatable bonds is 4. The van der Waals surface area contributed by atoms with Gasteiger partial charge in [-0.15, -0.1) is 11.3 Å². The van der Waals surface area contributed by atoms with E-state index < -0.39 is 5.97 Å². The quantitative estimate of drug-likeness (QED) is 0.628. The summed E-state index contributed by atoms with van der Waals surface area (Å²) < 4.78 is 10.1. The highest BCUT2D eigenvalue weighted by molar-refractivity contribution is 7.17. The highest BCUT2D eigenvalue weighted by Gasteiger charge is 2.23. The second-order valence-corrected chi connectivity index (χ2v) is 4.45. The lowest BCUT2D eigenvalue weighted by atomic mass is 10.3. The Morgan fingerprint density at radius 3 is 2.83 bits per heavy atom. The summed E-state index contributed by atoms with van der Waals surface area (Å²) in [6.07, 6.45) is 1.51. The normalized spacial score (nSPS) is 10.3. The topological polar surface area (TPSA) is 69.4 Å². The first-order valence-corrected chi connectivity index (χ1v) is 6.18. The molecule has 0 aliphatic rings. The van der Waals surface area contributed by atoms with Crippen molar-refractivity contribution in [3.8, 4) is 10.8 Å². The number of aromatic nitrogens is 1. The largest absolute Gasteiger partial charge is 0.462 e. The Morgan fingerprint density at radius 1 is 1.50 bits per heavy atom. The molecule has 0 saturated carbocycles. The average Bonchev–Trinajstić information content (AvgIpc) is 2.98. The van der Waals surface area contributed by atoms with Crippen LogP contribution in [0.15, 0.2) is 22.8 Å². The first-order chi connectivity index (χ1) is 8.63. The molecule has 18 heavy (non-hydrogen) atoms. The van der Waals surface area contributed by atoms with Gasteiger partial charge in [0.1, 0.15) is 4.88 Å². The molecule has 0 spiro atoms. The van der Waals surface area contributed by atoms with Gasteiger partial charge in [-0.1, -0.05) is 0 Å². The third kappa shape index (κ3) is 2.33. The Morgan fingerprint density at radius 2 is 2.28 bits per heavy atom. The molecule has 2 heterocycles. The number of furan rings is 1. The first kappa shape index (κ1) is 12.5. The molecule has 6 heteroatoms. The number of hydrogen-bond donors (Lipinski definition) is 0. The Bertz CT molecular complexity index is 571. The molecule has 0 saturated heterocycles. The summed E-state index contributed by atoms with van der Waals surface area (Å²) in [6, 6.07) is 3.44. The molecule has 0 radical (unpaired) electrons. The van der Waals surface area contributed by atoms with E-state index in [1.165, 1.54) is 13.2 Å². The lowest BCUT2D eigenvalue weighted by Crippen LogP contribution is -2.09. The molecule has 0 fully saturated rings. The molecule has 94 valence electrons. The van der Waals surface area contributed by atoms with Gasteiger partial charge in [0, 0.05) is 6.92 Å². The van der Waals surface area contributed by atoms with Crippen LogP contribution in [0.1, 0.15) is 34.0 Å². The van der Waals surface area contributed by atoms with Gasteiger partial charge in [0.25, 0.3) is 0 Å². The number of esters is 1. The van der Waals surface area contributed by atoms with Gasteiger partial charge >= 0.3 is 5.97 Å². The number of ether oxygens (including phenoxy) is 1. The zero-order chi connectivity index (χ0) is 13.1. The Balaban J connectivity index is 2.45. The van der Waals surface area contributed by atoms with E-state index in [4.69, 9.17) is 9.15 Å². The van der Waals surface area contributed by atoms with Crippen LogP contribution in [0.2, 0.25) is 0 Å². The molecule has 0 atom stereocenters. The van der Waals surface area contributed by atoms with Crippen LogP contribution < -0.4 is 0 Å². The lowest BCUT2D eigenvalue weighted by molar-refractivity contribution is 0.0517. The zero-order valence-corrected chi connectivity index (χ0v) is 10.7. The van der Waals surface area contributed by atoms with Crippen LogP contribution in [0.4, 0.5) is 0 Å². The first-order valence-electron chi connectivity index (χ1n) is 5.36. The van der Waals surface area contributed by atoms with Crippen molar-refractivity contribution in [3.63, 3.8) is 0 Å². The van der Waals surface area contributed by atoms with Crippen molar-refractivity contribution in [1.29, 1.82) is 0 Å². The summed E-state index contributed by atoms with van der Waals surface area (Å²) in [4.78, 5) is 27.6. The van der Waals surface area contributed by atoms with Crippen LogP contribution >= 0.6 is 11.3 Å². The molecule has 0 amide bonds. The third-order valence-electron chi connectivity index (χ3n) is 2.15. The predicted molar refractivity (Wildman–Crippen MR) is 65.8 cm³/mol. The molecule has 2 rings (SSSR count). The number of carbonyl (C=O) groups is 2. The molecule has 2 aromatic heterocycles. The smallest absolute Gasteiger partial charge is 0.358 e. The van der Waals surface area contributed by atoms with Crippen LogP contribution in [-0.4, -0.2) is 23.3 Å². The number of Topliss-reactive ketones (excluding diaryl/α,β-unsaturated/α-hetero) is 1. The van der Waals surface area contributed by atoms with Crippen LogP contribution in [0.5, 0.6) is 0 Å². The average molecular weight is 265 g/mol. The van der Waals surface area contributed by atoms with Crippen molar-refractivity contribution < 1.29 is 18.7 Å². The molecule has 5 nitrogen and oxygen atoms in total. The number of hydrogen-bond acceptors (Lipinski definition) is 6. The minimum absolute atomic E-state index is 0.0563. The minimum Gasteiger partial charge on any atom is -0.462 e. The highest BCUT2D eigenvalue weighted by Crippen LogP contribution is 2.29. The van der Waals surface area contributed by atoms with Crippen molar-refractivity contribution in [2.75, 3.05) is 6.61 Å². The molecule has 0 bridgehead atoms. The zero-order valence-electron chi connectivity index (χ0n) is 9.93. The van der Waals surface area contributed by atoms with Crippen molar-refractivity contribution in [2.24, 2.45) is 0 Å². The molecule has 2 aromatic rings. The highest BCUT2D eigenvalue weighted by atomic mass is 32.1. The van der Waals surface area contributed by atoms with E-state index >= 15 is 0 Å². The van der Waals surface area contributed by atoms with Gasteiger partial charge in [0.2, 0.25) is 0 Å². The van der Waals surface area contributed by atoms with Gasteiger partial charge in [-0.05, 0) is 19.1 Å². The maximum absolute atomic E-state index is 11.7. The fourth-order valence-electron chi connectivity index (χ4n) is 1.40.